The van der Waals surface area contributed by atoms with Gasteiger partial charge in [-0.25, -0.2) is 0 Å². The fourth-order valence-corrected chi connectivity index (χ4v) is 3.80. The third-order valence-electron chi connectivity index (χ3n) is 5.18. The van der Waals surface area contributed by atoms with Gasteiger partial charge in [0.1, 0.15) is 5.78 Å². The highest BCUT2D eigenvalue weighted by atomic mass is 16.1. The molecule has 0 N–H and O–H groups in total. The van der Waals surface area contributed by atoms with Crippen molar-refractivity contribution in [3.8, 4) is 0 Å². The van der Waals surface area contributed by atoms with E-state index in [9.17, 15) is 4.79 Å². The fraction of sp³-hybridized carbons (Fsp3) is 0.938. The van der Waals surface area contributed by atoms with Crippen molar-refractivity contribution in [3.05, 3.63) is 0 Å². The Morgan fingerprint density at radius 3 is 2.35 bits per heavy atom. The molecule has 1 heteroatoms. The Morgan fingerprint density at radius 2 is 1.71 bits per heavy atom. The van der Waals surface area contributed by atoms with E-state index in [4.69, 9.17) is 0 Å². The molecule has 2 saturated carbocycles. The van der Waals surface area contributed by atoms with Crippen LogP contribution in [0.2, 0.25) is 0 Å². The molecule has 2 rings (SSSR count). The molecule has 0 bridgehead atoms. The minimum atomic E-state index is 0.423. The summed E-state index contributed by atoms with van der Waals surface area (Å²) in [4.78, 5) is 12.5. The Labute approximate surface area is 106 Å². The van der Waals surface area contributed by atoms with Crippen molar-refractivity contribution in [2.75, 3.05) is 0 Å². The Hall–Kier alpha value is -0.330. The fourth-order valence-electron chi connectivity index (χ4n) is 3.80. The van der Waals surface area contributed by atoms with Gasteiger partial charge in [-0.05, 0) is 37.5 Å². The molecule has 1 nitrogen and oxygen atoms in total. The van der Waals surface area contributed by atoms with Crippen LogP contribution >= 0.6 is 0 Å². The first-order valence-electron chi connectivity index (χ1n) is 7.74. The second-order valence-electron chi connectivity index (χ2n) is 6.50. The lowest BCUT2D eigenvalue weighted by Crippen LogP contribution is -2.30. The van der Waals surface area contributed by atoms with E-state index in [0.29, 0.717) is 17.6 Å². The monoisotopic (exact) mass is 236 g/mol. The molecule has 98 valence electrons. The van der Waals surface area contributed by atoms with E-state index in [1.807, 2.05) is 0 Å². The summed E-state index contributed by atoms with van der Waals surface area (Å²) in [7, 11) is 0. The van der Waals surface area contributed by atoms with Gasteiger partial charge >= 0.3 is 0 Å². The molecule has 0 spiro atoms. The first kappa shape index (κ1) is 13.1. The average Bonchev–Trinajstić information content (AvgIpc) is 2.39. The van der Waals surface area contributed by atoms with Crippen LogP contribution in [0, 0.1) is 23.7 Å². The highest BCUT2D eigenvalue weighted by Crippen LogP contribution is 2.37. The number of rotatable bonds is 3. The standard InChI is InChI=1S/C16H28O/c1-3-13-5-4-6-15(11-13)16(17)14-9-7-12(2)8-10-14/h12-15H,3-11H2,1-2H3. The molecule has 2 fully saturated rings. The Kier molecular flexibility index (Phi) is 4.64. The van der Waals surface area contributed by atoms with Crippen LogP contribution < -0.4 is 0 Å². The van der Waals surface area contributed by atoms with Crippen LogP contribution in [-0.2, 0) is 4.79 Å². The van der Waals surface area contributed by atoms with Crippen LogP contribution in [0.1, 0.15) is 71.6 Å². The average molecular weight is 236 g/mol. The van der Waals surface area contributed by atoms with E-state index < -0.39 is 0 Å². The highest BCUT2D eigenvalue weighted by molar-refractivity contribution is 5.83. The molecule has 17 heavy (non-hydrogen) atoms. The zero-order valence-electron chi connectivity index (χ0n) is 11.6. The van der Waals surface area contributed by atoms with E-state index in [1.54, 1.807) is 0 Å². The van der Waals surface area contributed by atoms with Crippen LogP contribution in [0.25, 0.3) is 0 Å². The summed E-state index contributed by atoms with van der Waals surface area (Å²) in [6.45, 7) is 4.61. The maximum atomic E-state index is 12.5. The molecule has 0 amide bonds. The van der Waals surface area contributed by atoms with Crippen LogP contribution in [-0.4, -0.2) is 5.78 Å². The van der Waals surface area contributed by atoms with Crippen LogP contribution in [0.5, 0.6) is 0 Å². The van der Waals surface area contributed by atoms with Crippen LogP contribution in [0.3, 0.4) is 0 Å². The first-order valence-corrected chi connectivity index (χ1v) is 7.74. The van der Waals surface area contributed by atoms with Crippen LogP contribution in [0.15, 0.2) is 0 Å². The lowest BCUT2D eigenvalue weighted by molar-refractivity contribution is -0.129. The minimum absolute atomic E-state index is 0.423. The Balaban J connectivity index is 1.86. The lowest BCUT2D eigenvalue weighted by Gasteiger charge is -2.32. The van der Waals surface area contributed by atoms with Gasteiger partial charge in [0.05, 0.1) is 0 Å². The van der Waals surface area contributed by atoms with E-state index in [2.05, 4.69) is 13.8 Å². The molecule has 0 saturated heterocycles. The summed E-state index contributed by atoms with van der Waals surface area (Å²) < 4.78 is 0. The van der Waals surface area contributed by atoms with Gasteiger partial charge in [0.15, 0.2) is 0 Å². The number of ketones is 1. The number of carbonyl (C=O) groups is 1. The van der Waals surface area contributed by atoms with Gasteiger partial charge in [0.2, 0.25) is 0 Å². The third-order valence-corrected chi connectivity index (χ3v) is 5.18. The van der Waals surface area contributed by atoms with Crippen molar-refractivity contribution in [2.24, 2.45) is 23.7 Å². The Morgan fingerprint density at radius 1 is 1.00 bits per heavy atom. The summed E-state index contributed by atoms with van der Waals surface area (Å²) in [5, 5.41) is 0. The van der Waals surface area contributed by atoms with Gasteiger partial charge in [0, 0.05) is 11.8 Å². The van der Waals surface area contributed by atoms with Crippen molar-refractivity contribution in [1.82, 2.24) is 0 Å². The molecule has 0 aromatic carbocycles. The summed E-state index contributed by atoms with van der Waals surface area (Å²) in [5.41, 5.74) is 0. The van der Waals surface area contributed by atoms with E-state index >= 15 is 0 Å². The molecule has 0 heterocycles. The number of hydrogen-bond acceptors (Lipinski definition) is 1. The molecule has 2 aliphatic carbocycles. The zero-order valence-corrected chi connectivity index (χ0v) is 11.6. The van der Waals surface area contributed by atoms with Gasteiger partial charge in [-0.2, -0.15) is 0 Å². The van der Waals surface area contributed by atoms with E-state index in [1.165, 1.54) is 57.8 Å². The predicted molar refractivity (Wildman–Crippen MR) is 71.9 cm³/mol. The van der Waals surface area contributed by atoms with Gasteiger partial charge in [-0.15, -0.1) is 0 Å². The zero-order chi connectivity index (χ0) is 12.3. The molecular formula is C16H28O. The van der Waals surface area contributed by atoms with Gasteiger partial charge in [-0.1, -0.05) is 46.0 Å². The molecule has 0 aliphatic heterocycles. The molecule has 0 radical (unpaired) electrons. The van der Waals surface area contributed by atoms with Crippen molar-refractivity contribution in [1.29, 1.82) is 0 Å². The summed E-state index contributed by atoms with van der Waals surface area (Å²) in [6, 6.07) is 0. The molecule has 0 aromatic rings. The molecular weight excluding hydrogens is 208 g/mol. The van der Waals surface area contributed by atoms with Crippen LogP contribution in [0.4, 0.5) is 0 Å². The van der Waals surface area contributed by atoms with Gasteiger partial charge in [0.25, 0.3) is 0 Å². The normalized spacial score (nSPS) is 38.9. The van der Waals surface area contributed by atoms with E-state index in [-0.39, 0.29) is 0 Å². The van der Waals surface area contributed by atoms with Crippen molar-refractivity contribution in [3.63, 3.8) is 0 Å². The predicted octanol–water partition coefficient (Wildman–Crippen LogP) is 4.60. The smallest absolute Gasteiger partial charge is 0.139 e. The van der Waals surface area contributed by atoms with Gasteiger partial charge < -0.3 is 0 Å². The van der Waals surface area contributed by atoms with Crippen molar-refractivity contribution in [2.45, 2.75) is 71.6 Å². The van der Waals surface area contributed by atoms with E-state index in [0.717, 1.165) is 11.8 Å². The first-order chi connectivity index (χ1) is 8.20. The lowest BCUT2D eigenvalue weighted by atomic mass is 9.72. The quantitative estimate of drug-likeness (QED) is 0.700. The maximum absolute atomic E-state index is 12.5. The summed E-state index contributed by atoms with van der Waals surface area (Å²) in [5.74, 6) is 3.17. The molecule has 2 aliphatic rings. The van der Waals surface area contributed by atoms with Gasteiger partial charge in [-0.3, -0.25) is 4.79 Å². The number of Topliss-reactive ketones (excluding diaryl/α,β-unsaturated/α-hetero) is 1. The molecule has 2 unspecified atom stereocenters. The molecule has 2 atom stereocenters. The third kappa shape index (κ3) is 3.33. The minimum Gasteiger partial charge on any atom is -0.299 e. The summed E-state index contributed by atoms with van der Waals surface area (Å²) in [6.07, 6.45) is 11.2. The second-order valence-corrected chi connectivity index (χ2v) is 6.50. The maximum Gasteiger partial charge on any atom is 0.139 e. The number of hydrogen-bond donors (Lipinski definition) is 0. The largest absolute Gasteiger partial charge is 0.299 e. The summed E-state index contributed by atoms with van der Waals surface area (Å²) >= 11 is 0. The topological polar surface area (TPSA) is 17.1 Å². The number of carbonyl (C=O) groups excluding carboxylic acids is 1. The molecule has 0 aromatic heterocycles. The Bertz CT molecular complexity index is 250. The second kappa shape index (κ2) is 6.02. The highest BCUT2D eigenvalue weighted by Gasteiger charge is 2.32. The van der Waals surface area contributed by atoms with Crippen molar-refractivity contribution < 1.29 is 4.79 Å². The SMILES string of the molecule is CCC1CCCC(C(=O)C2CCC(C)CC2)C1. The van der Waals surface area contributed by atoms with Crippen molar-refractivity contribution >= 4 is 5.78 Å².